The van der Waals surface area contributed by atoms with Gasteiger partial charge in [-0.3, -0.25) is 4.99 Å². The average molecular weight is 215 g/mol. The first-order valence-electron chi connectivity index (χ1n) is 5.40. The van der Waals surface area contributed by atoms with Crippen LogP contribution in [0.15, 0.2) is 4.99 Å². The van der Waals surface area contributed by atoms with E-state index in [2.05, 4.69) is 10.3 Å². The van der Waals surface area contributed by atoms with Crippen molar-refractivity contribution in [3.05, 3.63) is 0 Å². The van der Waals surface area contributed by atoms with Crippen LogP contribution in [0.5, 0.6) is 0 Å². The molecule has 1 rings (SSSR count). The number of rotatable bonds is 5. The van der Waals surface area contributed by atoms with Crippen LogP contribution < -0.4 is 11.1 Å². The fraction of sp³-hybridized carbons (Fsp3) is 0.900. The molecule has 0 aromatic heterocycles. The van der Waals surface area contributed by atoms with Crippen molar-refractivity contribution in [1.29, 1.82) is 0 Å². The zero-order valence-corrected chi connectivity index (χ0v) is 9.53. The molecule has 88 valence electrons. The van der Waals surface area contributed by atoms with Gasteiger partial charge in [0.1, 0.15) is 0 Å². The first-order valence-corrected chi connectivity index (χ1v) is 5.40. The van der Waals surface area contributed by atoms with E-state index in [9.17, 15) is 0 Å². The molecular formula is C10H21N3O2. The van der Waals surface area contributed by atoms with Crippen molar-refractivity contribution in [1.82, 2.24) is 5.32 Å². The normalized spacial score (nSPS) is 24.1. The zero-order valence-electron chi connectivity index (χ0n) is 9.53. The van der Waals surface area contributed by atoms with E-state index >= 15 is 0 Å². The molecule has 0 radical (unpaired) electrons. The molecule has 1 heterocycles. The lowest BCUT2D eigenvalue weighted by atomic mass is 10.2. The van der Waals surface area contributed by atoms with Crippen LogP contribution in [0.3, 0.4) is 0 Å². The summed E-state index contributed by atoms with van der Waals surface area (Å²) in [7, 11) is 1.66. The highest BCUT2D eigenvalue weighted by Crippen LogP contribution is 2.10. The first-order chi connectivity index (χ1) is 7.22. The van der Waals surface area contributed by atoms with Crippen molar-refractivity contribution in [2.75, 3.05) is 26.8 Å². The average Bonchev–Trinajstić information content (AvgIpc) is 2.75. The standard InChI is InChI=1S/C10H21N3O2/c1-8(14-2)6-12-10(11)13-7-9-4-3-5-15-9/h8-9H,3-7H2,1-2H3,(H3,11,12,13)/t8-,9+/m0/s1. The monoisotopic (exact) mass is 215 g/mol. The van der Waals surface area contributed by atoms with E-state index in [0.717, 1.165) is 26.0 Å². The Hall–Kier alpha value is -0.810. The van der Waals surface area contributed by atoms with Gasteiger partial charge < -0.3 is 20.5 Å². The highest BCUT2D eigenvalue weighted by molar-refractivity contribution is 5.77. The summed E-state index contributed by atoms with van der Waals surface area (Å²) in [5.41, 5.74) is 5.68. The van der Waals surface area contributed by atoms with Gasteiger partial charge in [0.2, 0.25) is 0 Å². The summed E-state index contributed by atoms with van der Waals surface area (Å²) in [5, 5.41) is 3.05. The van der Waals surface area contributed by atoms with Crippen LogP contribution in [0.4, 0.5) is 0 Å². The SMILES string of the molecule is CO[C@@H](C)CN=C(N)NC[C@H]1CCCO1. The molecule has 0 spiro atoms. The molecule has 0 bridgehead atoms. The van der Waals surface area contributed by atoms with E-state index in [1.54, 1.807) is 7.11 Å². The Bertz CT molecular complexity index is 203. The largest absolute Gasteiger partial charge is 0.380 e. The number of ether oxygens (including phenoxy) is 2. The third-order valence-corrected chi connectivity index (χ3v) is 2.46. The molecule has 0 saturated carbocycles. The quantitative estimate of drug-likeness (QED) is 0.504. The number of hydrogen-bond donors (Lipinski definition) is 2. The molecule has 0 aromatic rings. The smallest absolute Gasteiger partial charge is 0.188 e. The lowest BCUT2D eigenvalue weighted by molar-refractivity contribution is 0.113. The van der Waals surface area contributed by atoms with E-state index in [1.807, 2.05) is 6.92 Å². The number of nitrogens with one attached hydrogen (secondary N) is 1. The van der Waals surface area contributed by atoms with Gasteiger partial charge in [-0.2, -0.15) is 0 Å². The maximum Gasteiger partial charge on any atom is 0.188 e. The molecule has 1 aliphatic heterocycles. The van der Waals surface area contributed by atoms with Crippen LogP contribution in [0.25, 0.3) is 0 Å². The Morgan fingerprint density at radius 3 is 3.13 bits per heavy atom. The van der Waals surface area contributed by atoms with Gasteiger partial charge in [-0.1, -0.05) is 0 Å². The maximum atomic E-state index is 5.68. The van der Waals surface area contributed by atoms with E-state index < -0.39 is 0 Å². The molecule has 3 N–H and O–H groups in total. The van der Waals surface area contributed by atoms with Gasteiger partial charge in [0.25, 0.3) is 0 Å². The van der Waals surface area contributed by atoms with Gasteiger partial charge in [0.05, 0.1) is 18.8 Å². The van der Waals surface area contributed by atoms with E-state index in [1.165, 1.54) is 0 Å². The second kappa shape index (κ2) is 6.63. The third-order valence-electron chi connectivity index (χ3n) is 2.46. The predicted molar refractivity (Wildman–Crippen MR) is 59.9 cm³/mol. The Balaban J connectivity index is 2.13. The molecule has 15 heavy (non-hydrogen) atoms. The van der Waals surface area contributed by atoms with Gasteiger partial charge in [-0.05, 0) is 19.8 Å². The number of nitrogens with zero attached hydrogens (tertiary/aromatic N) is 1. The third kappa shape index (κ3) is 4.99. The van der Waals surface area contributed by atoms with Gasteiger partial charge in [-0.25, -0.2) is 0 Å². The molecule has 1 aliphatic rings. The Morgan fingerprint density at radius 2 is 2.53 bits per heavy atom. The minimum absolute atomic E-state index is 0.105. The molecule has 0 aliphatic carbocycles. The van der Waals surface area contributed by atoms with Crippen molar-refractivity contribution < 1.29 is 9.47 Å². The van der Waals surface area contributed by atoms with Gasteiger partial charge in [0, 0.05) is 20.3 Å². The Labute approximate surface area is 91.0 Å². The van der Waals surface area contributed by atoms with Crippen molar-refractivity contribution in [2.45, 2.75) is 32.0 Å². The van der Waals surface area contributed by atoms with Crippen LogP contribution in [0.1, 0.15) is 19.8 Å². The summed E-state index contributed by atoms with van der Waals surface area (Å²) in [6, 6.07) is 0. The summed E-state index contributed by atoms with van der Waals surface area (Å²) in [5.74, 6) is 0.467. The van der Waals surface area contributed by atoms with Crippen molar-refractivity contribution in [3.63, 3.8) is 0 Å². The van der Waals surface area contributed by atoms with Gasteiger partial charge in [0.15, 0.2) is 5.96 Å². The molecule has 0 aromatic carbocycles. The fourth-order valence-electron chi connectivity index (χ4n) is 1.38. The molecule has 0 unspecified atom stereocenters. The van der Waals surface area contributed by atoms with E-state index in [4.69, 9.17) is 15.2 Å². The second-order valence-corrected chi connectivity index (χ2v) is 3.79. The summed E-state index contributed by atoms with van der Waals surface area (Å²) in [6.45, 7) is 4.15. The summed E-state index contributed by atoms with van der Waals surface area (Å²) in [6.07, 6.45) is 2.64. The predicted octanol–water partition coefficient (Wildman–Crippen LogP) is 0.105. The lowest BCUT2D eigenvalue weighted by Gasteiger charge is -2.12. The van der Waals surface area contributed by atoms with Crippen LogP contribution in [0, 0.1) is 0 Å². The molecule has 5 heteroatoms. The Kier molecular flexibility index (Phi) is 5.42. The summed E-state index contributed by atoms with van der Waals surface area (Å²) < 4.78 is 10.5. The lowest BCUT2D eigenvalue weighted by Crippen LogP contribution is -2.37. The Morgan fingerprint density at radius 1 is 1.73 bits per heavy atom. The zero-order chi connectivity index (χ0) is 11.1. The van der Waals surface area contributed by atoms with Gasteiger partial charge in [-0.15, -0.1) is 0 Å². The summed E-state index contributed by atoms with van der Waals surface area (Å²) >= 11 is 0. The van der Waals surface area contributed by atoms with Crippen LogP contribution in [-0.4, -0.2) is 45.0 Å². The number of guanidine groups is 1. The van der Waals surface area contributed by atoms with E-state index in [0.29, 0.717) is 18.6 Å². The number of aliphatic imine (C=N–C) groups is 1. The molecule has 1 saturated heterocycles. The molecular weight excluding hydrogens is 194 g/mol. The van der Waals surface area contributed by atoms with Crippen LogP contribution >= 0.6 is 0 Å². The van der Waals surface area contributed by atoms with Crippen LogP contribution in [0.2, 0.25) is 0 Å². The highest BCUT2D eigenvalue weighted by atomic mass is 16.5. The minimum atomic E-state index is 0.105. The van der Waals surface area contributed by atoms with Crippen molar-refractivity contribution in [2.24, 2.45) is 10.7 Å². The van der Waals surface area contributed by atoms with E-state index in [-0.39, 0.29) is 6.10 Å². The maximum absolute atomic E-state index is 5.68. The number of nitrogens with two attached hydrogens (primary N) is 1. The molecule has 1 fully saturated rings. The molecule has 5 nitrogen and oxygen atoms in total. The van der Waals surface area contributed by atoms with Crippen molar-refractivity contribution in [3.8, 4) is 0 Å². The topological polar surface area (TPSA) is 68.9 Å². The first kappa shape index (κ1) is 12.3. The highest BCUT2D eigenvalue weighted by Gasteiger charge is 2.14. The molecule has 2 atom stereocenters. The van der Waals surface area contributed by atoms with Gasteiger partial charge >= 0.3 is 0 Å². The second-order valence-electron chi connectivity index (χ2n) is 3.79. The van der Waals surface area contributed by atoms with Crippen LogP contribution in [-0.2, 0) is 9.47 Å². The number of methoxy groups -OCH3 is 1. The number of hydrogen-bond acceptors (Lipinski definition) is 3. The summed E-state index contributed by atoms with van der Waals surface area (Å²) in [4.78, 5) is 4.16. The van der Waals surface area contributed by atoms with Crippen molar-refractivity contribution >= 4 is 5.96 Å². The fourth-order valence-corrected chi connectivity index (χ4v) is 1.38. The molecule has 0 amide bonds. The minimum Gasteiger partial charge on any atom is -0.380 e.